The Morgan fingerprint density at radius 3 is 2.48 bits per heavy atom. The standard InChI is InChI=1S/C23H20Cl2N2O4/c1-23(2)11-19-22(20(28)12-23)15(14-5-3-4-6-16(14)25)10-21(29)26(19)18-9-13(24)7-8-17(18)27(30)31/h3-9,15H,10-12H2,1-2H3. The first-order valence-electron chi connectivity index (χ1n) is 9.86. The van der Waals surface area contributed by atoms with Gasteiger partial charge in [-0.05, 0) is 35.6 Å². The van der Waals surface area contributed by atoms with Gasteiger partial charge in [0.05, 0.1) is 4.92 Å². The minimum atomic E-state index is -0.547. The molecule has 1 atom stereocenters. The number of nitro benzene ring substituents is 1. The number of carbonyl (C=O) groups is 2. The lowest BCUT2D eigenvalue weighted by molar-refractivity contribution is -0.384. The number of rotatable bonds is 3. The number of nitrogens with zero attached hydrogens (tertiary/aromatic N) is 2. The largest absolute Gasteiger partial charge is 0.294 e. The van der Waals surface area contributed by atoms with Crippen molar-refractivity contribution in [3.8, 4) is 0 Å². The SMILES string of the molecule is CC1(C)CC(=O)C2=C(C1)N(c1cc(Cl)ccc1[N+](=O)[O-])C(=O)CC2c1ccccc1Cl. The van der Waals surface area contributed by atoms with Crippen LogP contribution < -0.4 is 4.90 Å². The molecule has 2 aromatic carbocycles. The van der Waals surface area contributed by atoms with Crippen LogP contribution in [-0.4, -0.2) is 16.6 Å². The summed E-state index contributed by atoms with van der Waals surface area (Å²) in [4.78, 5) is 39.2. The molecule has 0 bridgehead atoms. The van der Waals surface area contributed by atoms with Gasteiger partial charge in [0.1, 0.15) is 5.69 Å². The van der Waals surface area contributed by atoms with E-state index in [9.17, 15) is 19.7 Å². The molecule has 1 aliphatic carbocycles. The molecule has 2 aliphatic rings. The van der Waals surface area contributed by atoms with Crippen molar-refractivity contribution in [3.63, 3.8) is 0 Å². The smallest absolute Gasteiger partial charge is 0.293 e. The van der Waals surface area contributed by atoms with E-state index in [2.05, 4.69) is 0 Å². The van der Waals surface area contributed by atoms with Crippen LogP contribution in [-0.2, 0) is 9.59 Å². The maximum atomic E-state index is 13.4. The average Bonchev–Trinajstić information content (AvgIpc) is 2.66. The molecule has 1 unspecified atom stereocenters. The first kappa shape index (κ1) is 21.5. The van der Waals surface area contributed by atoms with E-state index in [-0.39, 0.29) is 34.5 Å². The number of benzene rings is 2. The fraction of sp³-hybridized carbons (Fsp3) is 0.304. The molecule has 2 aromatic rings. The molecule has 1 heterocycles. The summed E-state index contributed by atoms with van der Waals surface area (Å²) in [6.45, 7) is 3.89. The molecule has 4 rings (SSSR count). The summed E-state index contributed by atoms with van der Waals surface area (Å²) in [5.74, 6) is -0.896. The maximum absolute atomic E-state index is 13.4. The Morgan fingerprint density at radius 1 is 1.10 bits per heavy atom. The molecule has 1 amide bonds. The molecule has 0 fully saturated rings. The highest BCUT2D eigenvalue weighted by Gasteiger charge is 2.46. The highest BCUT2D eigenvalue weighted by atomic mass is 35.5. The second kappa shape index (κ2) is 7.77. The van der Waals surface area contributed by atoms with Gasteiger partial charge >= 0.3 is 0 Å². The number of allylic oxidation sites excluding steroid dienone is 2. The minimum Gasteiger partial charge on any atom is -0.294 e. The number of Topliss-reactive ketones (excluding diaryl/α,β-unsaturated/α-hetero) is 1. The molecule has 0 saturated heterocycles. The van der Waals surface area contributed by atoms with E-state index in [0.29, 0.717) is 34.7 Å². The molecular weight excluding hydrogens is 439 g/mol. The Morgan fingerprint density at radius 2 is 1.81 bits per heavy atom. The molecule has 0 spiro atoms. The zero-order valence-electron chi connectivity index (χ0n) is 17.0. The quantitative estimate of drug-likeness (QED) is 0.413. The molecule has 31 heavy (non-hydrogen) atoms. The second-order valence-electron chi connectivity index (χ2n) is 8.70. The van der Waals surface area contributed by atoms with Gasteiger partial charge < -0.3 is 0 Å². The zero-order valence-corrected chi connectivity index (χ0v) is 18.5. The Labute approximate surface area is 189 Å². The van der Waals surface area contributed by atoms with Gasteiger partial charge in [-0.25, -0.2) is 0 Å². The summed E-state index contributed by atoms with van der Waals surface area (Å²) in [5, 5.41) is 12.4. The first-order valence-corrected chi connectivity index (χ1v) is 10.6. The van der Waals surface area contributed by atoms with Gasteiger partial charge in [0.2, 0.25) is 5.91 Å². The molecule has 0 N–H and O–H groups in total. The van der Waals surface area contributed by atoms with Crippen molar-refractivity contribution in [1.82, 2.24) is 0 Å². The van der Waals surface area contributed by atoms with E-state index < -0.39 is 16.3 Å². The third-order valence-electron chi connectivity index (χ3n) is 5.80. The molecule has 8 heteroatoms. The summed E-state index contributed by atoms with van der Waals surface area (Å²) in [7, 11) is 0. The summed E-state index contributed by atoms with van der Waals surface area (Å²) >= 11 is 12.5. The minimum absolute atomic E-state index is 0.0155. The molecular formula is C23H20Cl2N2O4. The van der Waals surface area contributed by atoms with E-state index in [1.807, 2.05) is 26.0 Å². The van der Waals surface area contributed by atoms with Crippen LogP contribution in [0.3, 0.4) is 0 Å². The summed E-state index contributed by atoms with van der Waals surface area (Å²) in [6, 6.07) is 11.2. The predicted octanol–water partition coefficient (Wildman–Crippen LogP) is 6.07. The Kier molecular flexibility index (Phi) is 5.40. The topological polar surface area (TPSA) is 80.5 Å². The van der Waals surface area contributed by atoms with Gasteiger partial charge in [-0.3, -0.25) is 24.6 Å². The molecule has 0 radical (unpaired) electrons. The number of halogens is 2. The molecule has 0 saturated carbocycles. The Balaban J connectivity index is 1.98. The fourth-order valence-electron chi connectivity index (χ4n) is 4.55. The van der Waals surface area contributed by atoms with Crippen molar-refractivity contribution >= 4 is 46.3 Å². The van der Waals surface area contributed by atoms with Crippen LogP contribution in [0.5, 0.6) is 0 Å². The van der Waals surface area contributed by atoms with Crippen LogP contribution in [0.1, 0.15) is 44.6 Å². The Hall–Kier alpha value is -2.70. The van der Waals surface area contributed by atoms with Crippen molar-refractivity contribution in [2.75, 3.05) is 4.90 Å². The van der Waals surface area contributed by atoms with E-state index in [0.717, 1.165) is 0 Å². The van der Waals surface area contributed by atoms with E-state index in [1.165, 1.54) is 23.1 Å². The predicted molar refractivity (Wildman–Crippen MR) is 119 cm³/mol. The van der Waals surface area contributed by atoms with Crippen LogP contribution in [0.4, 0.5) is 11.4 Å². The van der Waals surface area contributed by atoms with Gasteiger partial charge in [-0.2, -0.15) is 0 Å². The van der Waals surface area contributed by atoms with Crippen molar-refractivity contribution in [2.24, 2.45) is 5.41 Å². The van der Waals surface area contributed by atoms with E-state index >= 15 is 0 Å². The van der Waals surface area contributed by atoms with Gasteiger partial charge in [0.15, 0.2) is 5.78 Å². The summed E-state index contributed by atoms with van der Waals surface area (Å²) < 4.78 is 0. The van der Waals surface area contributed by atoms with Crippen LogP contribution >= 0.6 is 23.2 Å². The van der Waals surface area contributed by atoms with Crippen molar-refractivity contribution in [3.05, 3.63) is 79.5 Å². The normalized spacial score (nSPS) is 20.6. The van der Waals surface area contributed by atoms with Crippen LogP contribution in [0, 0.1) is 15.5 Å². The number of ketones is 1. The number of hydrogen-bond acceptors (Lipinski definition) is 4. The second-order valence-corrected chi connectivity index (χ2v) is 9.54. The van der Waals surface area contributed by atoms with Gasteiger partial charge in [-0.15, -0.1) is 0 Å². The molecule has 160 valence electrons. The lowest BCUT2D eigenvalue weighted by Gasteiger charge is -2.42. The molecule has 6 nitrogen and oxygen atoms in total. The van der Waals surface area contributed by atoms with E-state index in [4.69, 9.17) is 23.2 Å². The van der Waals surface area contributed by atoms with Gasteiger partial charge in [0.25, 0.3) is 5.69 Å². The average molecular weight is 459 g/mol. The maximum Gasteiger partial charge on any atom is 0.293 e. The molecule has 1 aliphatic heterocycles. The number of carbonyl (C=O) groups excluding carboxylic acids is 2. The van der Waals surface area contributed by atoms with Crippen LogP contribution in [0.2, 0.25) is 10.0 Å². The molecule has 0 aromatic heterocycles. The lowest BCUT2D eigenvalue weighted by atomic mass is 9.69. The van der Waals surface area contributed by atoms with Crippen molar-refractivity contribution in [1.29, 1.82) is 0 Å². The van der Waals surface area contributed by atoms with E-state index in [1.54, 1.807) is 12.1 Å². The monoisotopic (exact) mass is 458 g/mol. The van der Waals surface area contributed by atoms with Crippen LogP contribution in [0.15, 0.2) is 53.7 Å². The van der Waals surface area contributed by atoms with Gasteiger partial charge in [-0.1, -0.05) is 55.2 Å². The van der Waals surface area contributed by atoms with Gasteiger partial charge in [0, 0.05) is 46.1 Å². The highest BCUT2D eigenvalue weighted by molar-refractivity contribution is 6.32. The van der Waals surface area contributed by atoms with Crippen molar-refractivity contribution in [2.45, 2.75) is 39.0 Å². The zero-order chi connectivity index (χ0) is 22.5. The first-order chi connectivity index (χ1) is 14.6. The summed E-state index contributed by atoms with van der Waals surface area (Å²) in [6.07, 6.45) is 0.731. The fourth-order valence-corrected chi connectivity index (χ4v) is 4.98. The number of hydrogen-bond donors (Lipinski definition) is 0. The lowest BCUT2D eigenvalue weighted by Crippen LogP contribution is -2.44. The third kappa shape index (κ3) is 3.86. The number of amides is 1. The van der Waals surface area contributed by atoms with Crippen molar-refractivity contribution < 1.29 is 14.5 Å². The highest BCUT2D eigenvalue weighted by Crippen LogP contribution is 2.50. The third-order valence-corrected chi connectivity index (χ3v) is 6.38. The summed E-state index contributed by atoms with van der Waals surface area (Å²) in [5.41, 5.74) is 1.15. The number of anilines is 1. The Bertz CT molecular complexity index is 1160. The number of nitro groups is 1. The van der Waals surface area contributed by atoms with Crippen LogP contribution in [0.25, 0.3) is 0 Å².